The third-order valence-electron chi connectivity index (χ3n) is 2.18. The van der Waals surface area contributed by atoms with Gasteiger partial charge < -0.3 is 10.1 Å². The predicted molar refractivity (Wildman–Crippen MR) is 60.7 cm³/mol. The first-order chi connectivity index (χ1) is 7.13. The topological polar surface area (TPSA) is 38.3 Å². The van der Waals surface area contributed by atoms with Crippen LogP contribution in [0.4, 0.5) is 5.69 Å². The number of anilines is 1. The van der Waals surface area contributed by atoms with Crippen molar-refractivity contribution >= 4 is 11.7 Å². The predicted octanol–water partition coefficient (Wildman–Crippen LogP) is 2.40. The van der Waals surface area contributed by atoms with Crippen molar-refractivity contribution in [2.24, 2.45) is 0 Å². The lowest BCUT2D eigenvalue weighted by Gasteiger charge is -2.04. The van der Waals surface area contributed by atoms with Crippen molar-refractivity contribution in [3.05, 3.63) is 41.6 Å². The highest BCUT2D eigenvalue weighted by Gasteiger charge is 1.94. The number of nitrogens with one attached hydrogen (secondary N) is 1. The summed E-state index contributed by atoms with van der Waals surface area (Å²) >= 11 is 0. The number of hydrogen-bond donors (Lipinski definition) is 1. The van der Waals surface area contributed by atoms with Crippen LogP contribution in [-0.4, -0.2) is 13.1 Å². The number of ether oxygens (including phenoxy) is 1. The van der Waals surface area contributed by atoms with Crippen LogP contribution in [0.25, 0.3) is 0 Å². The fraction of sp³-hybridized carbons (Fsp3) is 0.250. The summed E-state index contributed by atoms with van der Waals surface area (Å²) in [5.74, 6) is -0.369. The highest BCUT2D eigenvalue weighted by molar-refractivity contribution is 5.82. The summed E-state index contributed by atoms with van der Waals surface area (Å²) < 4.78 is 4.47. The van der Waals surface area contributed by atoms with Crippen LogP contribution >= 0.6 is 0 Å². The van der Waals surface area contributed by atoms with Crippen molar-refractivity contribution in [1.82, 2.24) is 0 Å². The first-order valence-corrected chi connectivity index (χ1v) is 4.72. The van der Waals surface area contributed by atoms with E-state index in [1.165, 1.54) is 24.3 Å². The molecule has 0 saturated carbocycles. The molecule has 3 heteroatoms. The molecule has 0 aromatic heterocycles. The molecule has 15 heavy (non-hydrogen) atoms. The Morgan fingerprint density at radius 2 is 2.07 bits per heavy atom. The van der Waals surface area contributed by atoms with E-state index < -0.39 is 0 Å². The fourth-order valence-electron chi connectivity index (χ4n) is 1.11. The van der Waals surface area contributed by atoms with Gasteiger partial charge in [0.15, 0.2) is 0 Å². The third kappa shape index (κ3) is 3.46. The molecule has 3 nitrogen and oxygen atoms in total. The van der Waals surface area contributed by atoms with Crippen LogP contribution in [0.1, 0.15) is 11.1 Å². The number of esters is 1. The third-order valence-corrected chi connectivity index (χ3v) is 2.18. The van der Waals surface area contributed by atoms with Crippen LogP contribution in [0.3, 0.4) is 0 Å². The van der Waals surface area contributed by atoms with Crippen LogP contribution in [0.15, 0.2) is 30.5 Å². The molecule has 1 aromatic carbocycles. The van der Waals surface area contributed by atoms with Gasteiger partial charge in [-0.15, -0.1) is 0 Å². The van der Waals surface area contributed by atoms with Crippen molar-refractivity contribution in [2.45, 2.75) is 13.8 Å². The van der Waals surface area contributed by atoms with E-state index in [9.17, 15) is 4.79 Å². The lowest BCUT2D eigenvalue weighted by molar-refractivity contribution is -0.134. The average molecular weight is 205 g/mol. The van der Waals surface area contributed by atoms with Gasteiger partial charge in [0.1, 0.15) is 0 Å². The zero-order valence-electron chi connectivity index (χ0n) is 9.20. The number of benzene rings is 1. The van der Waals surface area contributed by atoms with Crippen molar-refractivity contribution in [3.8, 4) is 0 Å². The minimum atomic E-state index is -0.369. The Hall–Kier alpha value is -1.77. The summed E-state index contributed by atoms with van der Waals surface area (Å²) in [5, 5.41) is 3.00. The van der Waals surface area contributed by atoms with Gasteiger partial charge in [0, 0.05) is 18.0 Å². The Kier molecular flexibility index (Phi) is 3.92. The Bertz CT molecular complexity index is 383. The zero-order valence-corrected chi connectivity index (χ0v) is 9.20. The SMILES string of the molecule is COC(=O)/C=C/Nc1ccc(C)c(C)c1. The molecule has 0 aliphatic heterocycles. The molecule has 80 valence electrons. The molecule has 0 aliphatic rings. The first kappa shape index (κ1) is 11.3. The quantitative estimate of drug-likeness (QED) is 0.608. The molecule has 0 bridgehead atoms. The van der Waals surface area contributed by atoms with Gasteiger partial charge in [0.25, 0.3) is 0 Å². The second kappa shape index (κ2) is 5.20. The Morgan fingerprint density at radius 1 is 1.33 bits per heavy atom. The summed E-state index contributed by atoms with van der Waals surface area (Å²) in [6.07, 6.45) is 2.91. The number of carbonyl (C=O) groups excluding carboxylic acids is 1. The van der Waals surface area contributed by atoms with Gasteiger partial charge in [-0.3, -0.25) is 0 Å². The monoisotopic (exact) mass is 205 g/mol. The van der Waals surface area contributed by atoms with Gasteiger partial charge in [-0.2, -0.15) is 0 Å². The van der Waals surface area contributed by atoms with E-state index in [0.717, 1.165) is 5.69 Å². The number of methoxy groups -OCH3 is 1. The average Bonchev–Trinajstić information content (AvgIpc) is 2.23. The van der Waals surface area contributed by atoms with Crippen LogP contribution in [0, 0.1) is 13.8 Å². The van der Waals surface area contributed by atoms with Gasteiger partial charge in [-0.25, -0.2) is 4.79 Å². The van der Waals surface area contributed by atoms with Crippen molar-refractivity contribution < 1.29 is 9.53 Å². The highest BCUT2D eigenvalue weighted by Crippen LogP contribution is 2.13. The maximum atomic E-state index is 10.8. The Morgan fingerprint density at radius 3 is 2.67 bits per heavy atom. The van der Waals surface area contributed by atoms with E-state index in [1.807, 2.05) is 25.1 Å². The van der Waals surface area contributed by atoms with E-state index in [4.69, 9.17) is 0 Å². The van der Waals surface area contributed by atoms with E-state index >= 15 is 0 Å². The van der Waals surface area contributed by atoms with E-state index in [0.29, 0.717) is 0 Å². The molecule has 0 aliphatic carbocycles. The maximum Gasteiger partial charge on any atom is 0.331 e. The Balaban J connectivity index is 2.62. The second-order valence-corrected chi connectivity index (χ2v) is 3.30. The van der Waals surface area contributed by atoms with Gasteiger partial charge in [-0.1, -0.05) is 6.07 Å². The molecule has 0 fully saturated rings. The summed E-state index contributed by atoms with van der Waals surface area (Å²) in [4.78, 5) is 10.8. The molecule has 0 unspecified atom stereocenters. The molecular formula is C12H15NO2. The minimum Gasteiger partial charge on any atom is -0.466 e. The zero-order chi connectivity index (χ0) is 11.3. The molecule has 1 N–H and O–H groups in total. The largest absolute Gasteiger partial charge is 0.466 e. The van der Waals surface area contributed by atoms with E-state index in [2.05, 4.69) is 17.0 Å². The number of hydrogen-bond acceptors (Lipinski definition) is 3. The molecule has 0 saturated heterocycles. The van der Waals surface area contributed by atoms with E-state index in [1.54, 1.807) is 6.20 Å². The molecule has 0 heterocycles. The molecule has 1 rings (SSSR count). The molecule has 0 radical (unpaired) electrons. The second-order valence-electron chi connectivity index (χ2n) is 3.30. The molecular weight excluding hydrogens is 190 g/mol. The van der Waals surface area contributed by atoms with Crippen molar-refractivity contribution in [2.75, 3.05) is 12.4 Å². The maximum absolute atomic E-state index is 10.8. The number of aryl methyl sites for hydroxylation is 2. The standard InChI is InChI=1S/C12H15NO2/c1-9-4-5-11(8-10(9)2)13-7-6-12(14)15-3/h4-8,13H,1-3H3/b7-6+. The highest BCUT2D eigenvalue weighted by atomic mass is 16.5. The van der Waals surface area contributed by atoms with Gasteiger partial charge in [0.2, 0.25) is 0 Å². The van der Waals surface area contributed by atoms with Crippen molar-refractivity contribution in [1.29, 1.82) is 0 Å². The van der Waals surface area contributed by atoms with E-state index in [-0.39, 0.29) is 5.97 Å². The van der Waals surface area contributed by atoms with Crippen LogP contribution in [0.5, 0.6) is 0 Å². The fourth-order valence-corrected chi connectivity index (χ4v) is 1.11. The first-order valence-electron chi connectivity index (χ1n) is 4.72. The van der Waals surface area contributed by atoms with Gasteiger partial charge in [-0.05, 0) is 37.1 Å². The Labute approximate surface area is 89.8 Å². The number of rotatable bonds is 3. The lowest BCUT2D eigenvalue weighted by atomic mass is 10.1. The number of carbonyl (C=O) groups is 1. The summed E-state index contributed by atoms with van der Waals surface area (Å²) in [7, 11) is 1.35. The van der Waals surface area contributed by atoms with Crippen LogP contribution in [0.2, 0.25) is 0 Å². The summed E-state index contributed by atoms with van der Waals surface area (Å²) in [5.41, 5.74) is 3.42. The molecule has 0 atom stereocenters. The van der Waals surface area contributed by atoms with Gasteiger partial charge >= 0.3 is 5.97 Å². The molecule has 0 amide bonds. The lowest BCUT2D eigenvalue weighted by Crippen LogP contribution is -1.96. The summed E-state index contributed by atoms with van der Waals surface area (Å²) in [6, 6.07) is 6.02. The van der Waals surface area contributed by atoms with Crippen LogP contribution < -0.4 is 5.32 Å². The normalized spacial score (nSPS) is 10.3. The van der Waals surface area contributed by atoms with Crippen LogP contribution in [-0.2, 0) is 9.53 Å². The molecule has 0 spiro atoms. The minimum absolute atomic E-state index is 0.369. The van der Waals surface area contributed by atoms with Gasteiger partial charge in [0.05, 0.1) is 7.11 Å². The smallest absolute Gasteiger partial charge is 0.331 e. The summed E-state index contributed by atoms with van der Waals surface area (Å²) in [6.45, 7) is 4.11. The van der Waals surface area contributed by atoms with Crippen molar-refractivity contribution in [3.63, 3.8) is 0 Å². The molecule has 1 aromatic rings.